The van der Waals surface area contributed by atoms with Gasteiger partial charge in [-0.25, -0.2) is 4.99 Å². The van der Waals surface area contributed by atoms with Crippen molar-refractivity contribution in [2.24, 2.45) is 4.99 Å². The fraction of sp³-hybridized carbons (Fsp3) is 0.0385. The minimum absolute atomic E-state index is 0.0471. The molecule has 0 saturated carbocycles. The number of para-hydroxylation sites is 1. The second-order valence-corrected chi connectivity index (χ2v) is 10.3. The molecule has 2 heterocycles. The number of amidine groups is 1. The normalized spacial score (nSPS) is 15.6. The maximum atomic E-state index is 12.5. The summed E-state index contributed by atoms with van der Waals surface area (Å²) >= 11 is 8.62. The van der Waals surface area contributed by atoms with E-state index < -0.39 is 4.92 Å². The lowest BCUT2D eigenvalue weighted by Crippen LogP contribution is -2.19. The van der Waals surface area contributed by atoms with Crippen LogP contribution < -0.4 is 5.32 Å². The van der Waals surface area contributed by atoms with Gasteiger partial charge in [0, 0.05) is 27.6 Å². The van der Waals surface area contributed by atoms with Crippen LogP contribution in [0.4, 0.5) is 11.4 Å². The number of pyridine rings is 1. The van der Waals surface area contributed by atoms with E-state index in [-0.39, 0.29) is 11.6 Å². The Labute approximate surface area is 219 Å². The van der Waals surface area contributed by atoms with Crippen molar-refractivity contribution in [1.29, 1.82) is 0 Å². The average molecular weight is 533 g/mol. The number of aliphatic imine (C=N–C) groups is 1. The summed E-state index contributed by atoms with van der Waals surface area (Å²) in [6.45, 7) is 1.85. The molecule has 36 heavy (non-hydrogen) atoms. The van der Waals surface area contributed by atoms with Crippen molar-refractivity contribution < 1.29 is 9.72 Å². The average Bonchev–Trinajstić information content (AvgIpc) is 3.21. The predicted octanol–water partition coefficient (Wildman–Crippen LogP) is 7.15. The van der Waals surface area contributed by atoms with Gasteiger partial charge in [-0.2, -0.15) is 0 Å². The lowest BCUT2D eigenvalue weighted by molar-refractivity contribution is -0.387. The zero-order valence-electron chi connectivity index (χ0n) is 18.8. The van der Waals surface area contributed by atoms with Crippen LogP contribution in [0.25, 0.3) is 17.0 Å². The van der Waals surface area contributed by atoms with Gasteiger partial charge in [-0.3, -0.25) is 19.9 Å². The molecule has 0 radical (unpaired) electrons. The molecule has 4 aromatic rings. The number of nitro groups is 1. The minimum Gasteiger partial charge on any atom is -0.300 e. The fourth-order valence-corrected chi connectivity index (χ4v) is 5.62. The van der Waals surface area contributed by atoms with Crippen LogP contribution in [0.5, 0.6) is 0 Å². The Kier molecular flexibility index (Phi) is 6.77. The Balaban J connectivity index is 1.43. The van der Waals surface area contributed by atoms with Crippen LogP contribution in [0.2, 0.25) is 5.02 Å². The van der Waals surface area contributed by atoms with E-state index in [0.717, 1.165) is 21.4 Å². The van der Waals surface area contributed by atoms with Crippen molar-refractivity contribution in [3.8, 4) is 0 Å². The highest BCUT2D eigenvalue weighted by atomic mass is 35.5. The Morgan fingerprint density at radius 1 is 1.11 bits per heavy atom. The maximum absolute atomic E-state index is 12.5. The van der Waals surface area contributed by atoms with Gasteiger partial charge >= 0.3 is 0 Å². The first-order chi connectivity index (χ1) is 17.4. The molecule has 1 aromatic heterocycles. The van der Waals surface area contributed by atoms with Gasteiger partial charge in [0.05, 0.1) is 25.9 Å². The van der Waals surface area contributed by atoms with Gasteiger partial charge in [0.1, 0.15) is 0 Å². The van der Waals surface area contributed by atoms with E-state index in [2.05, 4.69) is 15.3 Å². The van der Waals surface area contributed by atoms with Gasteiger partial charge in [0.25, 0.3) is 11.6 Å². The third kappa shape index (κ3) is 4.99. The number of rotatable bonds is 5. The monoisotopic (exact) mass is 532 g/mol. The Morgan fingerprint density at radius 2 is 1.92 bits per heavy atom. The van der Waals surface area contributed by atoms with Crippen molar-refractivity contribution in [2.75, 3.05) is 0 Å². The molecule has 5 rings (SSSR count). The van der Waals surface area contributed by atoms with Gasteiger partial charge in [-0.05, 0) is 66.2 Å². The second-order valence-electron chi connectivity index (χ2n) is 7.78. The van der Waals surface area contributed by atoms with Crippen molar-refractivity contribution >= 4 is 74.6 Å². The minimum atomic E-state index is -0.417. The van der Waals surface area contributed by atoms with E-state index in [1.807, 2.05) is 43.3 Å². The van der Waals surface area contributed by atoms with E-state index in [4.69, 9.17) is 11.6 Å². The van der Waals surface area contributed by atoms with Crippen LogP contribution in [-0.2, 0) is 4.79 Å². The molecule has 1 saturated heterocycles. The quantitative estimate of drug-likeness (QED) is 0.166. The first kappa shape index (κ1) is 24.1. The number of nitro benzene ring substituents is 1. The number of nitrogens with one attached hydrogen (secondary N) is 1. The van der Waals surface area contributed by atoms with Crippen LogP contribution in [-0.4, -0.2) is 21.0 Å². The van der Waals surface area contributed by atoms with Crippen molar-refractivity contribution in [2.45, 2.75) is 16.7 Å². The molecular weight excluding hydrogens is 516 g/mol. The number of thioether (sulfide) groups is 1. The third-order valence-corrected chi connectivity index (χ3v) is 7.84. The zero-order valence-corrected chi connectivity index (χ0v) is 21.2. The molecule has 1 aliphatic rings. The van der Waals surface area contributed by atoms with Gasteiger partial charge in [0.2, 0.25) is 0 Å². The molecule has 1 aliphatic heterocycles. The fourth-order valence-electron chi connectivity index (χ4n) is 3.59. The first-order valence-electron chi connectivity index (χ1n) is 10.7. The summed E-state index contributed by atoms with van der Waals surface area (Å²) in [7, 11) is 0. The predicted molar refractivity (Wildman–Crippen MR) is 146 cm³/mol. The smallest absolute Gasteiger partial charge is 0.283 e. The van der Waals surface area contributed by atoms with Crippen molar-refractivity contribution in [1.82, 2.24) is 10.3 Å². The highest BCUT2D eigenvalue weighted by Gasteiger charge is 2.25. The van der Waals surface area contributed by atoms with Gasteiger partial charge in [-0.1, -0.05) is 53.7 Å². The van der Waals surface area contributed by atoms with E-state index >= 15 is 0 Å². The summed E-state index contributed by atoms with van der Waals surface area (Å²) in [6, 6.07) is 19.8. The number of hydrogen-bond acceptors (Lipinski definition) is 7. The molecule has 1 amide bonds. The van der Waals surface area contributed by atoms with Gasteiger partial charge < -0.3 is 5.32 Å². The number of amides is 1. The van der Waals surface area contributed by atoms with Crippen LogP contribution in [0.15, 0.2) is 92.6 Å². The summed E-state index contributed by atoms with van der Waals surface area (Å²) in [6.07, 6.45) is 3.32. The van der Waals surface area contributed by atoms with E-state index in [1.165, 1.54) is 29.6 Å². The number of hydrogen-bond donors (Lipinski definition) is 1. The molecule has 7 nitrogen and oxygen atoms in total. The number of aromatic nitrogens is 1. The SMILES string of the molecule is Cc1c(Cl)cccc1N=C1NC(=O)/C(=C/c2ccc(Sc3cccc4cccnc34)c([N+](=O)[O-])c2)S1. The second kappa shape index (κ2) is 10.1. The highest BCUT2D eigenvalue weighted by Crippen LogP contribution is 2.39. The molecule has 3 aromatic carbocycles. The van der Waals surface area contributed by atoms with Crippen LogP contribution >= 0.6 is 35.1 Å². The highest BCUT2D eigenvalue weighted by molar-refractivity contribution is 8.18. The van der Waals surface area contributed by atoms with E-state index in [0.29, 0.717) is 31.2 Å². The van der Waals surface area contributed by atoms with Crippen molar-refractivity contribution in [3.05, 3.63) is 104 Å². The summed E-state index contributed by atoms with van der Waals surface area (Å²) in [5, 5.41) is 16.6. The zero-order chi connectivity index (χ0) is 25.2. The number of carbonyl (C=O) groups excluding carboxylic acids is 1. The lowest BCUT2D eigenvalue weighted by atomic mass is 10.2. The Morgan fingerprint density at radius 3 is 2.75 bits per heavy atom. The molecule has 0 unspecified atom stereocenters. The molecule has 0 aliphatic carbocycles. The molecule has 10 heteroatoms. The van der Waals surface area contributed by atoms with Crippen molar-refractivity contribution in [3.63, 3.8) is 0 Å². The Bertz CT molecular complexity index is 1600. The number of halogens is 1. The number of carbonyl (C=O) groups is 1. The van der Waals surface area contributed by atoms with Crippen LogP contribution in [0, 0.1) is 17.0 Å². The molecule has 0 bridgehead atoms. The number of benzene rings is 3. The largest absolute Gasteiger partial charge is 0.300 e. The van der Waals surface area contributed by atoms with E-state index in [9.17, 15) is 14.9 Å². The van der Waals surface area contributed by atoms with Crippen LogP contribution in [0.3, 0.4) is 0 Å². The summed E-state index contributed by atoms with van der Waals surface area (Å²) in [5.41, 5.74) is 2.75. The maximum Gasteiger partial charge on any atom is 0.283 e. The molecular formula is C26H17ClN4O3S2. The first-order valence-corrected chi connectivity index (χ1v) is 12.7. The summed E-state index contributed by atoms with van der Waals surface area (Å²) in [5.74, 6) is -0.318. The van der Waals surface area contributed by atoms with Gasteiger partial charge in [-0.15, -0.1) is 0 Å². The summed E-state index contributed by atoms with van der Waals surface area (Å²) in [4.78, 5) is 34.6. The molecule has 1 fully saturated rings. The molecule has 178 valence electrons. The van der Waals surface area contributed by atoms with Crippen LogP contribution in [0.1, 0.15) is 11.1 Å². The third-order valence-electron chi connectivity index (χ3n) is 5.41. The van der Waals surface area contributed by atoms with E-state index in [1.54, 1.807) is 36.5 Å². The standard InChI is InChI=1S/C26H17ClN4O3S2/c1-15-18(27)7-3-8-19(15)29-26-30-25(32)23(36-26)14-16-10-11-21(20(13-16)31(33)34)35-22-9-2-5-17-6-4-12-28-24(17)22/h2-14H,1H3,(H,29,30,32)/b23-14-. The molecule has 1 N–H and O–H groups in total. The number of fused-ring (bicyclic) bond motifs is 1. The topological polar surface area (TPSA) is 97.5 Å². The molecule has 0 spiro atoms. The Hall–Kier alpha value is -3.66. The van der Waals surface area contributed by atoms with Gasteiger partial charge in [0.15, 0.2) is 5.17 Å². The summed E-state index contributed by atoms with van der Waals surface area (Å²) < 4.78 is 0. The molecule has 0 atom stereocenters. The lowest BCUT2D eigenvalue weighted by Gasteiger charge is -2.07. The number of nitrogens with zero attached hydrogens (tertiary/aromatic N) is 3.